The van der Waals surface area contributed by atoms with Crippen molar-refractivity contribution in [3.63, 3.8) is 0 Å². The van der Waals surface area contributed by atoms with Gasteiger partial charge in [0.2, 0.25) is 6.79 Å². The van der Waals surface area contributed by atoms with E-state index in [1.165, 1.54) is 10.5 Å². The molecule has 190 valence electrons. The molecular formula is C28H23N5O5. The molecule has 0 atom stereocenters. The number of carbonyl (C=O) groups excluding carboxylic acids is 1. The monoisotopic (exact) mass is 509 g/mol. The molecule has 1 amide bonds. The van der Waals surface area contributed by atoms with E-state index in [-0.39, 0.29) is 41.9 Å². The van der Waals surface area contributed by atoms with Gasteiger partial charge in [-0.15, -0.1) is 0 Å². The Balaban J connectivity index is 1.43. The van der Waals surface area contributed by atoms with Crippen LogP contribution in [0.2, 0.25) is 0 Å². The van der Waals surface area contributed by atoms with E-state index in [1.54, 1.807) is 48.2 Å². The van der Waals surface area contributed by atoms with Crippen LogP contribution in [0.4, 0.5) is 0 Å². The molecule has 0 saturated heterocycles. The summed E-state index contributed by atoms with van der Waals surface area (Å²) in [5.74, 6) is 1.50. The average Bonchev–Trinajstić information content (AvgIpc) is 3.42. The van der Waals surface area contributed by atoms with Gasteiger partial charge in [-0.25, -0.2) is 4.98 Å². The normalized spacial score (nSPS) is 12.1. The number of methoxy groups -OCH3 is 1. The van der Waals surface area contributed by atoms with Crippen molar-refractivity contribution in [2.24, 2.45) is 0 Å². The topological polar surface area (TPSA) is 120 Å². The van der Waals surface area contributed by atoms with Crippen LogP contribution in [0.3, 0.4) is 0 Å². The van der Waals surface area contributed by atoms with Crippen LogP contribution < -0.4 is 30.6 Å². The molecule has 0 bridgehead atoms. The summed E-state index contributed by atoms with van der Waals surface area (Å²) in [6.07, 6.45) is 1.63. The maximum Gasteiger partial charge on any atom is 0.267 e. The fourth-order valence-electron chi connectivity index (χ4n) is 4.46. The lowest BCUT2D eigenvalue weighted by Gasteiger charge is -2.15. The van der Waals surface area contributed by atoms with Crippen LogP contribution in [0.25, 0.3) is 16.7 Å². The van der Waals surface area contributed by atoms with Crippen molar-refractivity contribution < 1.29 is 19.0 Å². The van der Waals surface area contributed by atoms with E-state index in [0.717, 1.165) is 11.1 Å². The minimum Gasteiger partial charge on any atom is -0.497 e. The largest absolute Gasteiger partial charge is 0.497 e. The van der Waals surface area contributed by atoms with Crippen molar-refractivity contribution in [1.82, 2.24) is 19.3 Å². The second-order valence-corrected chi connectivity index (χ2v) is 8.79. The smallest absolute Gasteiger partial charge is 0.267 e. The molecule has 2 aromatic carbocycles. The van der Waals surface area contributed by atoms with Gasteiger partial charge in [0.05, 0.1) is 24.6 Å². The maximum atomic E-state index is 13.4. The highest BCUT2D eigenvalue weighted by atomic mass is 16.7. The number of rotatable bonds is 6. The Morgan fingerprint density at radius 1 is 1.05 bits per heavy atom. The molecule has 10 nitrogen and oxygen atoms in total. The van der Waals surface area contributed by atoms with Crippen molar-refractivity contribution in [2.75, 3.05) is 13.9 Å². The van der Waals surface area contributed by atoms with Gasteiger partial charge >= 0.3 is 0 Å². The quantitative estimate of drug-likeness (QED) is 0.340. The molecule has 1 aliphatic heterocycles. The van der Waals surface area contributed by atoms with Crippen molar-refractivity contribution in [2.45, 2.75) is 13.1 Å². The zero-order valence-electron chi connectivity index (χ0n) is 20.4. The van der Waals surface area contributed by atoms with Crippen LogP contribution >= 0.6 is 0 Å². The van der Waals surface area contributed by atoms with Crippen LogP contribution in [-0.4, -0.2) is 33.8 Å². The van der Waals surface area contributed by atoms with Gasteiger partial charge in [0.25, 0.3) is 11.5 Å². The Morgan fingerprint density at radius 3 is 2.66 bits per heavy atom. The lowest BCUT2D eigenvalue weighted by Crippen LogP contribution is -2.35. The molecule has 38 heavy (non-hydrogen) atoms. The summed E-state index contributed by atoms with van der Waals surface area (Å²) in [5, 5.41) is 12.0. The van der Waals surface area contributed by atoms with E-state index in [1.807, 2.05) is 30.3 Å². The number of fused-ring (bicyclic) bond motifs is 3. The summed E-state index contributed by atoms with van der Waals surface area (Å²) in [4.78, 5) is 31.4. The number of hydrogen-bond acceptors (Lipinski definition) is 7. The number of nitrogens with one attached hydrogen (secondary N) is 2. The third-order valence-corrected chi connectivity index (χ3v) is 6.45. The van der Waals surface area contributed by atoms with Crippen molar-refractivity contribution >= 4 is 22.6 Å². The summed E-state index contributed by atoms with van der Waals surface area (Å²) in [5.41, 5.74) is 2.15. The van der Waals surface area contributed by atoms with E-state index in [4.69, 9.17) is 19.6 Å². The van der Waals surface area contributed by atoms with E-state index >= 15 is 0 Å². The highest BCUT2D eigenvalue weighted by Gasteiger charge is 2.19. The van der Waals surface area contributed by atoms with Crippen molar-refractivity contribution in [3.8, 4) is 17.2 Å². The molecular weight excluding hydrogens is 486 g/mol. The van der Waals surface area contributed by atoms with Crippen LogP contribution in [0.1, 0.15) is 21.5 Å². The Kier molecular flexibility index (Phi) is 5.76. The molecule has 4 heterocycles. The van der Waals surface area contributed by atoms with Gasteiger partial charge < -0.3 is 24.1 Å². The van der Waals surface area contributed by atoms with Crippen LogP contribution in [-0.2, 0) is 13.1 Å². The molecule has 0 unspecified atom stereocenters. The molecule has 5 aromatic rings. The Bertz CT molecular complexity index is 1830. The molecule has 0 radical (unpaired) electrons. The molecule has 10 heteroatoms. The zero-order valence-corrected chi connectivity index (χ0v) is 20.4. The Hall–Kier alpha value is -5.12. The number of hydrogen-bond donors (Lipinski definition) is 2. The molecule has 0 saturated carbocycles. The fraction of sp³-hybridized carbons (Fsp3) is 0.143. The Morgan fingerprint density at radius 2 is 1.84 bits per heavy atom. The van der Waals surface area contributed by atoms with E-state index < -0.39 is 5.91 Å². The maximum absolute atomic E-state index is 13.4. The number of aromatic nitrogens is 3. The van der Waals surface area contributed by atoms with Crippen molar-refractivity contribution in [3.05, 3.63) is 105 Å². The van der Waals surface area contributed by atoms with Gasteiger partial charge in [0, 0.05) is 12.7 Å². The lowest BCUT2D eigenvalue weighted by molar-refractivity contribution is 0.0948. The third kappa shape index (κ3) is 4.11. The first-order valence-corrected chi connectivity index (χ1v) is 11.9. The molecule has 0 fully saturated rings. The van der Waals surface area contributed by atoms with Crippen LogP contribution in [0, 0.1) is 5.41 Å². The molecule has 0 aliphatic carbocycles. The zero-order chi connectivity index (χ0) is 26.2. The number of amides is 1. The number of ether oxygens (including phenoxy) is 3. The highest BCUT2D eigenvalue weighted by Crippen LogP contribution is 2.32. The van der Waals surface area contributed by atoms with Gasteiger partial charge in [0.1, 0.15) is 22.5 Å². The first kappa shape index (κ1) is 23.3. The van der Waals surface area contributed by atoms with Gasteiger partial charge in [0.15, 0.2) is 11.5 Å². The van der Waals surface area contributed by atoms with Crippen LogP contribution in [0.15, 0.2) is 77.7 Å². The first-order chi connectivity index (χ1) is 18.5. The molecule has 2 N–H and O–H groups in total. The molecule has 1 aliphatic rings. The lowest BCUT2D eigenvalue weighted by atomic mass is 10.1. The molecule has 6 rings (SSSR count). The summed E-state index contributed by atoms with van der Waals surface area (Å²) in [6.45, 7) is 0.606. The van der Waals surface area contributed by atoms with Gasteiger partial charge in [-0.05, 0) is 53.6 Å². The van der Waals surface area contributed by atoms with Gasteiger partial charge in [-0.3, -0.25) is 19.4 Å². The summed E-state index contributed by atoms with van der Waals surface area (Å²) in [6, 6.07) is 19.5. The van der Waals surface area contributed by atoms with E-state index in [9.17, 15) is 9.59 Å². The minimum absolute atomic E-state index is 0.0521. The summed E-state index contributed by atoms with van der Waals surface area (Å²) in [7, 11) is 1.59. The number of benzene rings is 2. The standard InChI is InChI=1S/C28H23N5O5/c1-36-19-8-5-17(6-9-19)15-33-25(29)20(13-21-26(33)31-24-4-2-3-11-32(24)28(21)35)27(34)30-14-18-7-10-22-23(12-18)38-16-37-22/h2-13,29H,14-16H2,1H3,(H,30,34). The second kappa shape index (κ2) is 9.40. The first-order valence-electron chi connectivity index (χ1n) is 11.9. The minimum atomic E-state index is -0.476. The predicted molar refractivity (Wildman–Crippen MR) is 139 cm³/mol. The highest BCUT2D eigenvalue weighted by molar-refractivity contribution is 5.96. The average molecular weight is 510 g/mol. The second-order valence-electron chi connectivity index (χ2n) is 8.79. The van der Waals surface area contributed by atoms with Crippen molar-refractivity contribution in [1.29, 1.82) is 5.41 Å². The molecule has 3 aromatic heterocycles. The summed E-state index contributed by atoms with van der Waals surface area (Å²) < 4.78 is 19.0. The van der Waals surface area contributed by atoms with Crippen LogP contribution in [0.5, 0.6) is 17.2 Å². The Labute approximate surface area is 216 Å². The fourth-order valence-corrected chi connectivity index (χ4v) is 4.46. The predicted octanol–water partition coefficient (Wildman–Crippen LogP) is 2.84. The number of pyridine rings is 2. The van der Waals surface area contributed by atoms with E-state index in [0.29, 0.717) is 28.5 Å². The SMILES string of the molecule is COc1ccc(Cn2c(=N)c(C(=O)NCc3ccc4c(c3)OCO4)cc3c(=O)n4ccccc4nc32)cc1. The number of nitrogens with zero attached hydrogens (tertiary/aromatic N) is 3. The van der Waals surface area contributed by atoms with E-state index in [2.05, 4.69) is 10.3 Å². The number of carbonyl (C=O) groups is 1. The third-order valence-electron chi connectivity index (χ3n) is 6.45. The van der Waals surface area contributed by atoms with Gasteiger partial charge in [-0.1, -0.05) is 24.3 Å². The summed E-state index contributed by atoms with van der Waals surface area (Å²) >= 11 is 0. The molecule has 0 spiro atoms. The van der Waals surface area contributed by atoms with Gasteiger partial charge in [-0.2, -0.15) is 0 Å².